The minimum atomic E-state index is -3.15. The maximum atomic E-state index is 15.8. The lowest BCUT2D eigenvalue weighted by Gasteiger charge is -2.38. The molecule has 6 heteroatoms. The molecule has 0 saturated carbocycles. The van der Waals surface area contributed by atoms with E-state index in [0.717, 1.165) is 54.5 Å². The largest absolute Gasteiger partial charge is 0.309 e. The van der Waals surface area contributed by atoms with Crippen LogP contribution in [0.25, 0.3) is 56.1 Å². The molecule has 0 aliphatic carbocycles. The Balaban J connectivity index is 1.24. The van der Waals surface area contributed by atoms with Gasteiger partial charge in [0.15, 0.2) is 24.6 Å². The number of hydrogen-bond donors (Lipinski definition) is 0. The summed E-state index contributed by atoms with van der Waals surface area (Å²) in [6.45, 7) is 4.76. The van der Waals surface area contributed by atoms with Crippen LogP contribution in [0.3, 0.4) is 0 Å². The van der Waals surface area contributed by atoms with Gasteiger partial charge in [0, 0.05) is 32.6 Å². The topological polar surface area (TPSA) is 55.7 Å². The second-order valence-corrected chi connectivity index (χ2v) is 20.6. The van der Waals surface area contributed by atoms with Crippen molar-refractivity contribution in [2.75, 3.05) is 0 Å². The summed E-state index contributed by atoms with van der Waals surface area (Å²) in [6, 6.07) is 58.0. The SMILES string of the molecule is C[Si]1(C)c2ccccc2P(=O)(c2ccccc2)c2cc(-c3cccc4c(-c5nc(-c6ccccc6)nc(-c6ccccc6)n5)cccc34)ccc21. The third-order valence-electron chi connectivity index (χ3n) is 10.2. The smallest absolute Gasteiger partial charge is 0.170 e. The van der Waals surface area contributed by atoms with Crippen LogP contribution in [0.15, 0.2) is 170 Å². The minimum Gasteiger partial charge on any atom is -0.309 e. The van der Waals surface area contributed by atoms with Gasteiger partial charge in [0.05, 0.1) is 0 Å². The number of rotatable bonds is 5. The number of fused-ring (bicyclic) bond motifs is 3. The van der Waals surface area contributed by atoms with Gasteiger partial charge in [0.1, 0.15) is 8.07 Å². The Kier molecular flexibility index (Phi) is 7.50. The highest BCUT2D eigenvalue weighted by Crippen LogP contribution is 2.45. The maximum absolute atomic E-state index is 15.8. The van der Waals surface area contributed by atoms with Gasteiger partial charge in [-0.1, -0.05) is 177 Å². The number of benzene rings is 7. The summed E-state index contributed by atoms with van der Waals surface area (Å²) in [5, 5.41) is 7.45. The quantitative estimate of drug-likeness (QED) is 0.134. The molecule has 0 fully saturated rings. The zero-order chi connectivity index (χ0) is 34.6. The summed E-state index contributed by atoms with van der Waals surface area (Å²) in [7, 11) is -5.30. The molecule has 9 rings (SSSR count). The summed E-state index contributed by atoms with van der Waals surface area (Å²) >= 11 is 0. The molecule has 2 heterocycles. The molecular weight excluding hydrogens is 658 g/mol. The summed E-state index contributed by atoms with van der Waals surface area (Å²) in [5.74, 6) is 1.88. The molecule has 0 saturated heterocycles. The summed E-state index contributed by atoms with van der Waals surface area (Å²) in [4.78, 5) is 15.0. The van der Waals surface area contributed by atoms with Crippen LogP contribution < -0.4 is 26.3 Å². The average molecular weight is 692 g/mol. The molecule has 0 amide bonds. The Bertz CT molecular complexity index is 2590. The van der Waals surface area contributed by atoms with Gasteiger partial charge >= 0.3 is 0 Å². The molecule has 0 radical (unpaired) electrons. The molecule has 0 spiro atoms. The van der Waals surface area contributed by atoms with E-state index in [-0.39, 0.29) is 0 Å². The van der Waals surface area contributed by atoms with Gasteiger partial charge in [0.2, 0.25) is 0 Å². The molecule has 8 aromatic rings. The number of hydrogen-bond acceptors (Lipinski definition) is 4. The first-order valence-electron chi connectivity index (χ1n) is 17.2. The van der Waals surface area contributed by atoms with Crippen LogP contribution in [-0.4, -0.2) is 23.0 Å². The lowest BCUT2D eigenvalue weighted by molar-refractivity contribution is 0.592. The first kappa shape index (κ1) is 31.3. The lowest BCUT2D eigenvalue weighted by atomic mass is 9.95. The van der Waals surface area contributed by atoms with Gasteiger partial charge < -0.3 is 4.57 Å². The highest BCUT2D eigenvalue weighted by molar-refractivity contribution is 7.86. The van der Waals surface area contributed by atoms with Gasteiger partial charge in [0.25, 0.3) is 0 Å². The molecule has 1 aliphatic heterocycles. The van der Waals surface area contributed by atoms with Crippen molar-refractivity contribution in [3.05, 3.63) is 170 Å². The van der Waals surface area contributed by atoms with Gasteiger partial charge in [-0.25, -0.2) is 15.0 Å². The molecule has 1 aliphatic rings. The van der Waals surface area contributed by atoms with E-state index in [2.05, 4.69) is 85.9 Å². The van der Waals surface area contributed by atoms with Crippen molar-refractivity contribution in [3.8, 4) is 45.3 Å². The first-order valence-corrected chi connectivity index (χ1v) is 21.9. The van der Waals surface area contributed by atoms with Gasteiger partial charge in [-0.2, -0.15) is 0 Å². The molecular formula is C45H34N3OPSi. The van der Waals surface area contributed by atoms with E-state index in [9.17, 15) is 0 Å². The van der Waals surface area contributed by atoms with Crippen molar-refractivity contribution in [1.82, 2.24) is 15.0 Å². The number of aromatic nitrogens is 3. The van der Waals surface area contributed by atoms with Crippen molar-refractivity contribution in [2.24, 2.45) is 0 Å². The Morgan fingerprint density at radius 2 is 0.941 bits per heavy atom. The van der Waals surface area contributed by atoms with Crippen LogP contribution in [0.1, 0.15) is 0 Å². The predicted molar refractivity (Wildman–Crippen MR) is 215 cm³/mol. The Labute approximate surface area is 299 Å². The third-order valence-corrected chi connectivity index (χ3v) is 17.3. The van der Waals surface area contributed by atoms with E-state index in [0.29, 0.717) is 17.5 Å². The van der Waals surface area contributed by atoms with Crippen LogP contribution in [-0.2, 0) is 4.57 Å². The van der Waals surface area contributed by atoms with E-state index in [1.165, 1.54) is 10.4 Å². The molecule has 244 valence electrons. The fraction of sp³-hybridized carbons (Fsp3) is 0.0444. The standard InChI is InChI=1S/C45H34N3OPSi/c1-51(2)41-27-13-12-26-39(41)50(49,34-20-10-5-11-21-34)40-30-33(28-29-42(40)51)35-22-14-24-37-36(35)23-15-25-38(37)45-47-43(31-16-6-3-7-17-31)46-44(48-45)32-18-8-4-9-19-32/h3-30H,1-2H3. The lowest BCUT2D eigenvalue weighted by Crippen LogP contribution is -2.67. The van der Waals surface area contributed by atoms with Crippen molar-refractivity contribution in [2.45, 2.75) is 13.1 Å². The van der Waals surface area contributed by atoms with Crippen LogP contribution in [0.4, 0.5) is 0 Å². The highest BCUT2D eigenvalue weighted by Gasteiger charge is 2.45. The van der Waals surface area contributed by atoms with E-state index in [1.807, 2.05) is 97.1 Å². The van der Waals surface area contributed by atoms with Crippen LogP contribution in [0.2, 0.25) is 13.1 Å². The fourth-order valence-corrected chi connectivity index (χ4v) is 15.9. The summed E-state index contributed by atoms with van der Waals surface area (Å²) < 4.78 is 15.8. The van der Waals surface area contributed by atoms with Crippen LogP contribution in [0.5, 0.6) is 0 Å². The van der Waals surface area contributed by atoms with E-state index in [4.69, 9.17) is 15.0 Å². The third kappa shape index (κ3) is 5.12. The Morgan fingerprint density at radius 3 is 1.59 bits per heavy atom. The minimum absolute atomic E-state index is 0.619. The van der Waals surface area contributed by atoms with Gasteiger partial charge in [-0.3, -0.25) is 0 Å². The molecule has 1 unspecified atom stereocenters. The monoisotopic (exact) mass is 691 g/mol. The van der Waals surface area contributed by atoms with Crippen LogP contribution in [0, 0.1) is 0 Å². The maximum Gasteiger partial charge on any atom is 0.170 e. The van der Waals surface area contributed by atoms with E-state index in [1.54, 1.807) is 0 Å². The van der Waals surface area contributed by atoms with Crippen molar-refractivity contribution < 1.29 is 4.57 Å². The van der Waals surface area contributed by atoms with E-state index < -0.39 is 15.2 Å². The second kappa shape index (κ2) is 12.2. The van der Waals surface area contributed by atoms with E-state index >= 15 is 4.57 Å². The molecule has 0 bridgehead atoms. The molecule has 0 N–H and O–H groups in total. The van der Waals surface area contributed by atoms with Crippen molar-refractivity contribution in [1.29, 1.82) is 0 Å². The molecule has 7 aromatic carbocycles. The zero-order valence-electron chi connectivity index (χ0n) is 28.4. The summed E-state index contributed by atoms with van der Waals surface area (Å²) in [5.41, 5.74) is 4.92. The highest BCUT2D eigenvalue weighted by atomic mass is 31.2. The molecule has 1 atom stereocenters. The van der Waals surface area contributed by atoms with Gasteiger partial charge in [-0.15, -0.1) is 0 Å². The van der Waals surface area contributed by atoms with Gasteiger partial charge in [-0.05, 0) is 38.3 Å². The zero-order valence-corrected chi connectivity index (χ0v) is 30.3. The predicted octanol–water partition coefficient (Wildman–Crippen LogP) is 8.47. The summed E-state index contributed by atoms with van der Waals surface area (Å²) in [6.07, 6.45) is 0. The normalized spacial score (nSPS) is 16.0. The van der Waals surface area contributed by atoms with Crippen LogP contribution >= 0.6 is 7.14 Å². The average Bonchev–Trinajstić information content (AvgIpc) is 3.20. The van der Waals surface area contributed by atoms with Crippen molar-refractivity contribution >= 4 is 52.3 Å². The molecule has 51 heavy (non-hydrogen) atoms. The first-order chi connectivity index (χ1) is 24.9. The number of nitrogens with zero attached hydrogens (tertiary/aromatic N) is 3. The fourth-order valence-electron chi connectivity index (χ4n) is 7.64. The second-order valence-electron chi connectivity index (χ2n) is 13.6. The molecule has 4 nitrogen and oxygen atoms in total. The van der Waals surface area contributed by atoms with Crippen molar-refractivity contribution in [3.63, 3.8) is 0 Å². The Hall–Kier alpha value is -5.74. The molecule has 1 aromatic heterocycles. The Morgan fingerprint density at radius 1 is 0.431 bits per heavy atom.